The molecule has 8 heteroatoms. The quantitative estimate of drug-likeness (QED) is 0.565. The molecule has 0 bridgehead atoms. The molecule has 0 saturated carbocycles. The molecule has 3 rings (SSSR count). The highest BCUT2D eigenvalue weighted by molar-refractivity contribution is 7.18. The predicted molar refractivity (Wildman–Crippen MR) is 108 cm³/mol. The van der Waals surface area contributed by atoms with Crippen LogP contribution in [0.25, 0.3) is 10.2 Å². The zero-order chi connectivity index (χ0) is 20.1. The molecule has 6 nitrogen and oxygen atoms in total. The lowest BCUT2D eigenvalue weighted by molar-refractivity contribution is -0.902. The highest BCUT2D eigenvalue weighted by atomic mass is 32.1. The number of carbonyl (C=O) groups excluding carboxylic acids is 2. The first-order valence-electron chi connectivity index (χ1n) is 8.92. The molecule has 28 heavy (non-hydrogen) atoms. The fraction of sp³-hybridized carbons (Fsp3) is 0.250. The van der Waals surface area contributed by atoms with E-state index in [0.717, 1.165) is 20.1 Å². The molecular formula is C20H22FN4O2S+. The number of amides is 2. The standard InChI is InChI=1S/C20H21FN4O2S/c1-13(20-24-16-5-3-4-6-17(16)28-20)25(2)12-19(27)22-11-18(26)23-15-9-7-14(21)8-10-15/h3-10,13H,11-12H2,1-2H3,(H,22,27)(H,23,26)/p+1/t13-/m0/s1. The molecule has 0 aliphatic rings. The Morgan fingerprint density at radius 1 is 1.14 bits per heavy atom. The number of likely N-dealkylation sites (N-methyl/N-ethyl adjacent to an activating group) is 1. The van der Waals surface area contributed by atoms with E-state index in [1.54, 1.807) is 11.3 Å². The molecular weight excluding hydrogens is 379 g/mol. The van der Waals surface area contributed by atoms with Crippen molar-refractivity contribution in [1.29, 1.82) is 0 Å². The molecule has 1 unspecified atom stereocenters. The number of hydrogen-bond acceptors (Lipinski definition) is 4. The van der Waals surface area contributed by atoms with E-state index in [1.165, 1.54) is 24.3 Å². The lowest BCUT2D eigenvalue weighted by atomic mass is 10.3. The number of nitrogens with one attached hydrogen (secondary N) is 3. The molecule has 1 aromatic heterocycles. The number of fused-ring (bicyclic) bond motifs is 1. The Balaban J connectivity index is 1.48. The van der Waals surface area contributed by atoms with Gasteiger partial charge in [-0.2, -0.15) is 0 Å². The van der Waals surface area contributed by atoms with E-state index in [0.29, 0.717) is 5.69 Å². The molecule has 2 amide bonds. The second kappa shape index (κ2) is 8.90. The number of aromatic nitrogens is 1. The van der Waals surface area contributed by atoms with Crippen LogP contribution in [0.1, 0.15) is 18.0 Å². The van der Waals surface area contributed by atoms with E-state index >= 15 is 0 Å². The Kier molecular flexibility index (Phi) is 6.33. The molecule has 0 saturated heterocycles. The van der Waals surface area contributed by atoms with Crippen molar-refractivity contribution >= 4 is 39.1 Å². The summed E-state index contributed by atoms with van der Waals surface area (Å²) in [4.78, 5) is 29.7. The van der Waals surface area contributed by atoms with Crippen molar-refractivity contribution in [1.82, 2.24) is 10.3 Å². The van der Waals surface area contributed by atoms with Crippen LogP contribution in [-0.4, -0.2) is 36.9 Å². The number of benzene rings is 2. The Morgan fingerprint density at radius 3 is 2.57 bits per heavy atom. The van der Waals surface area contributed by atoms with Gasteiger partial charge in [-0.1, -0.05) is 12.1 Å². The molecule has 2 atom stereocenters. The number of quaternary nitrogens is 1. The van der Waals surface area contributed by atoms with Crippen molar-refractivity contribution in [2.45, 2.75) is 13.0 Å². The van der Waals surface area contributed by atoms with Gasteiger partial charge in [0.25, 0.3) is 5.91 Å². The molecule has 3 N–H and O–H groups in total. The Bertz CT molecular complexity index is 941. The average Bonchev–Trinajstić information content (AvgIpc) is 3.11. The van der Waals surface area contributed by atoms with Crippen LogP contribution in [0.4, 0.5) is 10.1 Å². The van der Waals surface area contributed by atoms with Crippen LogP contribution < -0.4 is 15.5 Å². The minimum Gasteiger partial charge on any atom is -0.342 e. The molecule has 146 valence electrons. The fourth-order valence-corrected chi connectivity index (χ4v) is 3.78. The van der Waals surface area contributed by atoms with Gasteiger partial charge < -0.3 is 15.5 Å². The smallest absolute Gasteiger partial charge is 0.275 e. The van der Waals surface area contributed by atoms with E-state index in [-0.39, 0.29) is 36.8 Å². The zero-order valence-electron chi connectivity index (χ0n) is 15.7. The summed E-state index contributed by atoms with van der Waals surface area (Å²) in [6.07, 6.45) is 0. The number of thiazole rings is 1. The minimum atomic E-state index is -0.375. The third kappa shape index (κ3) is 5.11. The van der Waals surface area contributed by atoms with Crippen molar-refractivity contribution in [3.05, 3.63) is 59.4 Å². The lowest BCUT2D eigenvalue weighted by Crippen LogP contribution is -3.10. The topological polar surface area (TPSA) is 75.5 Å². The largest absolute Gasteiger partial charge is 0.342 e. The van der Waals surface area contributed by atoms with Crippen molar-refractivity contribution in [2.75, 3.05) is 25.5 Å². The summed E-state index contributed by atoms with van der Waals surface area (Å²) in [5.74, 6) is -0.962. The summed E-state index contributed by atoms with van der Waals surface area (Å²) in [5, 5.41) is 6.19. The molecule has 0 aliphatic heterocycles. The monoisotopic (exact) mass is 401 g/mol. The van der Waals surface area contributed by atoms with E-state index in [9.17, 15) is 14.0 Å². The first-order valence-corrected chi connectivity index (χ1v) is 9.74. The van der Waals surface area contributed by atoms with Crippen molar-refractivity contribution in [3.63, 3.8) is 0 Å². The summed E-state index contributed by atoms with van der Waals surface area (Å²) in [5.41, 5.74) is 1.44. The maximum Gasteiger partial charge on any atom is 0.275 e. The summed E-state index contributed by atoms with van der Waals surface area (Å²) < 4.78 is 14.0. The summed E-state index contributed by atoms with van der Waals surface area (Å²) in [7, 11) is 1.93. The SMILES string of the molecule is C[C@@H](c1nc2ccccc2s1)[NH+](C)CC(=O)NCC(=O)Nc1ccc(F)cc1. The summed E-state index contributed by atoms with van der Waals surface area (Å²) >= 11 is 1.63. The number of anilines is 1. The number of carbonyl (C=O) groups is 2. The fourth-order valence-electron chi connectivity index (χ4n) is 2.67. The first-order chi connectivity index (χ1) is 13.4. The number of hydrogen-bond donors (Lipinski definition) is 3. The van der Waals surface area contributed by atoms with Gasteiger partial charge in [-0.3, -0.25) is 9.59 Å². The van der Waals surface area contributed by atoms with Crippen LogP contribution in [0.2, 0.25) is 0 Å². The zero-order valence-corrected chi connectivity index (χ0v) is 16.5. The van der Waals surface area contributed by atoms with Gasteiger partial charge in [0.2, 0.25) is 5.91 Å². The van der Waals surface area contributed by atoms with Crippen LogP contribution in [-0.2, 0) is 9.59 Å². The first kappa shape index (κ1) is 19.9. The molecule has 0 aliphatic carbocycles. The van der Waals surface area contributed by atoms with E-state index in [4.69, 9.17) is 0 Å². The Morgan fingerprint density at radius 2 is 1.86 bits per heavy atom. The normalized spacial score (nSPS) is 13.1. The predicted octanol–water partition coefficient (Wildman–Crippen LogP) is 1.77. The molecule has 1 heterocycles. The van der Waals surface area contributed by atoms with Gasteiger partial charge in [0, 0.05) is 5.69 Å². The van der Waals surface area contributed by atoms with Gasteiger partial charge in [0.1, 0.15) is 11.9 Å². The number of para-hydroxylation sites is 1. The van der Waals surface area contributed by atoms with Crippen molar-refractivity contribution in [2.24, 2.45) is 0 Å². The van der Waals surface area contributed by atoms with Crippen LogP contribution in [0.3, 0.4) is 0 Å². The molecule has 0 fully saturated rings. The third-order valence-corrected chi connectivity index (χ3v) is 5.65. The maximum atomic E-state index is 12.9. The lowest BCUT2D eigenvalue weighted by Gasteiger charge is -2.19. The van der Waals surface area contributed by atoms with Crippen LogP contribution >= 0.6 is 11.3 Å². The molecule has 0 radical (unpaired) electrons. The van der Waals surface area contributed by atoms with Gasteiger partial charge in [0.15, 0.2) is 11.6 Å². The molecule has 2 aromatic carbocycles. The Hall–Kier alpha value is -2.84. The highest BCUT2D eigenvalue weighted by Crippen LogP contribution is 2.24. The van der Waals surface area contributed by atoms with Gasteiger partial charge in [-0.15, -0.1) is 11.3 Å². The van der Waals surface area contributed by atoms with E-state index in [1.807, 2.05) is 38.2 Å². The van der Waals surface area contributed by atoms with Gasteiger partial charge in [0.05, 0.1) is 23.8 Å². The third-order valence-electron chi connectivity index (χ3n) is 4.43. The maximum absolute atomic E-state index is 12.9. The molecule has 3 aromatic rings. The average molecular weight is 401 g/mol. The van der Waals surface area contributed by atoms with Crippen molar-refractivity contribution in [3.8, 4) is 0 Å². The van der Waals surface area contributed by atoms with Crippen LogP contribution in [0, 0.1) is 5.82 Å². The Labute approximate surface area is 166 Å². The van der Waals surface area contributed by atoms with Crippen LogP contribution in [0.5, 0.6) is 0 Å². The number of nitrogens with zero attached hydrogens (tertiary/aromatic N) is 1. The number of rotatable bonds is 7. The minimum absolute atomic E-state index is 0.0520. The van der Waals surface area contributed by atoms with Crippen molar-refractivity contribution < 1.29 is 18.9 Å². The second-order valence-electron chi connectivity index (χ2n) is 6.60. The van der Waals surface area contributed by atoms with Gasteiger partial charge >= 0.3 is 0 Å². The van der Waals surface area contributed by atoms with Gasteiger partial charge in [-0.05, 0) is 43.3 Å². The summed E-state index contributed by atoms with van der Waals surface area (Å²) in [6, 6.07) is 13.4. The molecule has 0 spiro atoms. The van der Waals surface area contributed by atoms with E-state index < -0.39 is 0 Å². The highest BCUT2D eigenvalue weighted by Gasteiger charge is 2.22. The number of halogens is 1. The summed E-state index contributed by atoms with van der Waals surface area (Å²) in [6.45, 7) is 2.11. The van der Waals surface area contributed by atoms with Crippen LogP contribution in [0.15, 0.2) is 48.5 Å². The second-order valence-corrected chi connectivity index (χ2v) is 7.66. The van der Waals surface area contributed by atoms with Gasteiger partial charge in [-0.25, -0.2) is 9.37 Å². The van der Waals surface area contributed by atoms with E-state index in [2.05, 4.69) is 15.6 Å².